The summed E-state index contributed by atoms with van der Waals surface area (Å²) in [5.41, 5.74) is 2.48. The molecular formula is C19H25NO. The molecule has 1 N–H and O–H groups in total. The van der Waals surface area contributed by atoms with Crippen molar-refractivity contribution in [1.29, 1.82) is 0 Å². The molecule has 0 amide bonds. The molecule has 0 fully saturated rings. The highest BCUT2D eigenvalue weighted by molar-refractivity contribution is 5.31. The maximum Gasteiger partial charge on any atom is 0.121 e. The molecule has 2 nitrogen and oxygen atoms in total. The number of hydrogen-bond donors (Lipinski definition) is 1. The van der Waals surface area contributed by atoms with Crippen LogP contribution in [0.4, 0.5) is 0 Å². The number of benzene rings is 2. The molecule has 0 aromatic heterocycles. The lowest BCUT2D eigenvalue weighted by Gasteiger charge is -2.19. The van der Waals surface area contributed by atoms with Crippen molar-refractivity contribution in [3.05, 3.63) is 65.7 Å². The fraction of sp³-hybridized carbons (Fsp3) is 0.368. The van der Waals surface area contributed by atoms with E-state index < -0.39 is 0 Å². The third-order valence-electron chi connectivity index (χ3n) is 3.70. The van der Waals surface area contributed by atoms with Crippen LogP contribution in [0.3, 0.4) is 0 Å². The minimum absolute atomic E-state index is 0.0562. The van der Waals surface area contributed by atoms with Crippen LogP contribution < -0.4 is 10.1 Å². The Kier molecular flexibility index (Phi) is 5.82. The summed E-state index contributed by atoms with van der Waals surface area (Å²) in [5, 5.41) is 3.51. The zero-order valence-corrected chi connectivity index (χ0v) is 13.2. The molecule has 2 aromatic carbocycles. The van der Waals surface area contributed by atoms with Crippen molar-refractivity contribution in [2.45, 2.75) is 39.3 Å². The van der Waals surface area contributed by atoms with Gasteiger partial charge in [-0.1, -0.05) is 56.3 Å². The maximum absolute atomic E-state index is 6.09. The van der Waals surface area contributed by atoms with Gasteiger partial charge in [0.15, 0.2) is 0 Å². The molecule has 2 atom stereocenters. The number of rotatable bonds is 7. The van der Waals surface area contributed by atoms with E-state index in [-0.39, 0.29) is 6.10 Å². The normalized spacial score (nSPS) is 13.7. The summed E-state index contributed by atoms with van der Waals surface area (Å²) in [6.45, 7) is 7.40. The number of ether oxygens (including phenoxy) is 1. The molecule has 0 bridgehead atoms. The van der Waals surface area contributed by atoms with E-state index >= 15 is 0 Å². The highest BCUT2D eigenvalue weighted by Crippen LogP contribution is 2.25. The van der Waals surface area contributed by atoms with E-state index in [4.69, 9.17) is 4.74 Å². The van der Waals surface area contributed by atoms with Crippen molar-refractivity contribution in [2.24, 2.45) is 0 Å². The molecule has 2 unspecified atom stereocenters. The minimum atomic E-state index is 0.0562. The monoisotopic (exact) mass is 283 g/mol. The van der Waals surface area contributed by atoms with E-state index in [1.807, 2.05) is 24.3 Å². The Hall–Kier alpha value is -1.80. The molecule has 0 aliphatic carbocycles. The molecule has 0 aliphatic rings. The van der Waals surface area contributed by atoms with Crippen molar-refractivity contribution in [2.75, 3.05) is 6.54 Å². The Bertz CT molecular complexity index is 538. The Morgan fingerprint density at radius 1 is 0.952 bits per heavy atom. The van der Waals surface area contributed by atoms with Gasteiger partial charge in [0.2, 0.25) is 0 Å². The van der Waals surface area contributed by atoms with Gasteiger partial charge in [-0.2, -0.15) is 0 Å². The molecule has 2 rings (SSSR count). The maximum atomic E-state index is 6.09. The largest absolute Gasteiger partial charge is 0.486 e. The third-order valence-corrected chi connectivity index (χ3v) is 3.70. The molecule has 0 radical (unpaired) electrons. The summed E-state index contributed by atoms with van der Waals surface area (Å²) in [5.74, 6) is 0.931. The molecule has 112 valence electrons. The van der Waals surface area contributed by atoms with Gasteiger partial charge in [0.05, 0.1) is 0 Å². The minimum Gasteiger partial charge on any atom is -0.486 e. The highest BCUT2D eigenvalue weighted by atomic mass is 16.5. The van der Waals surface area contributed by atoms with Crippen LogP contribution >= 0.6 is 0 Å². The van der Waals surface area contributed by atoms with E-state index in [9.17, 15) is 0 Å². The van der Waals surface area contributed by atoms with Crippen LogP contribution in [0.5, 0.6) is 5.75 Å². The van der Waals surface area contributed by atoms with Crippen LogP contribution in [-0.4, -0.2) is 6.54 Å². The van der Waals surface area contributed by atoms with Gasteiger partial charge < -0.3 is 10.1 Å². The fourth-order valence-corrected chi connectivity index (χ4v) is 2.55. The van der Waals surface area contributed by atoms with Gasteiger partial charge in [-0.15, -0.1) is 0 Å². The lowest BCUT2D eigenvalue weighted by Crippen LogP contribution is -2.20. The van der Waals surface area contributed by atoms with Crippen molar-refractivity contribution < 1.29 is 4.74 Å². The van der Waals surface area contributed by atoms with Gasteiger partial charge in [0.1, 0.15) is 11.9 Å². The fourth-order valence-electron chi connectivity index (χ4n) is 2.55. The van der Waals surface area contributed by atoms with Gasteiger partial charge in [-0.3, -0.25) is 0 Å². The zero-order valence-electron chi connectivity index (χ0n) is 13.2. The molecular weight excluding hydrogens is 258 g/mol. The predicted octanol–water partition coefficient (Wildman–Crippen LogP) is 4.89. The van der Waals surface area contributed by atoms with E-state index in [0.717, 1.165) is 18.7 Å². The first-order valence-electron chi connectivity index (χ1n) is 7.79. The summed E-state index contributed by atoms with van der Waals surface area (Å²) in [6.07, 6.45) is 1.13. The lowest BCUT2D eigenvalue weighted by atomic mass is 10.0. The smallest absolute Gasteiger partial charge is 0.121 e. The topological polar surface area (TPSA) is 21.3 Å². The average molecular weight is 283 g/mol. The Morgan fingerprint density at radius 3 is 2.33 bits per heavy atom. The van der Waals surface area contributed by atoms with Crippen LogP contribution in [0.1, 0.15) is 50.5 Å². The highest BCUT2D eigenvalue weighted by Gasteiger charge is 2.10. The summed E-state index contributed by atoms with van der Waals surface area (Å²) in [7, 11) is 0. The van der Waals surface area contributed by atoms with Gasteiger partial charge in [-0.25, -0.2) is 0 Å². The van der Waals surface area contributed by atoms with Crippen LogP contribution in [0.25, 0.3) is 0 Å². The van der Waals surface area contributed by atoms with Crippen LogP contribution in [0.2, 0.25) is 0 Å². The molecule has 0 saturated heterocycles. The second-order valence-electron chi connectivity index (χ2n) is 5.26. The predicted molar refractivity (Wildman–Crippen MR) is 88.6 cm³/mol. The van der Waals surface area contributed by atoms with Crippen LogP contribution in [0.15, 0.2) is 54.6 Å². The van der Waals surface area contributed by atoms with Crippen molar-refractivity contribution in [1.82, 2.24) is 5.32 Å². The van der Waals surface area contributed by atoms with E-state index in [1.54, 1.807) is 0 Å². The van der Waals surface area contributed by atoms with Crippen LogP contribution in [-0.2, 0) is 0 Å². The van der Waals surface area contributed by atoms with E-state index in [1.165, 1.54) is 11.1 Å². The number of hydrogen-bond acceptors (Lipinski definition) is 2. The quantitative estimate of drug-likeness (QED) is 0.781. The molecule has 0 saturated carbocycles. The first-order chi connectivity index (χ1) is 10.2. The summed E-state index contributed by atoms with van der Waals surface area (Å²) >= 11 is 0. The molecule has 0 spiro atoms. The Labute approximate surface area is 128 Å². The lowest BCUT2D eigenvalue weighted by molar-refractivity contribution is 0.226. The van der Waals surface area contributed by atoms with Gasteiger partial charge >= 0.3 is 0 Å². The van der Waals surface area contributed by atoms with Crippen molar-refractivity contribution in [3.8, 4) is 5.75 Å². The third kappa shape index (κ3) is 4.33. The summed E-state index contributed by atoms with van der Waals surface area (Å²) < 4.78 is 6.09. The second-order valence-corrected chi connectivity index (χ2v) is 5.26. The summed E-state index contributed by atoms with van der Waals surface area (Å²) in [4.78, 5) is 0. The van der Waals surface area contributed by atoms with Gasteiger partial charge in [0.25, 0.3) is 0 Å². The molecule has 2 aromatic rings. The standard InChI is InChI=1S/C19H25NO/c1-4-19(20-5-2)17-12-9-13-18(14-17)21-15(3)16-10-7-6-8-11-16/h6-15,19-20H,4-5H2,1-3H3. The van der Waals surface area contributed by atoms with Gasteiger partial charge in [0, 0.05) is 6.04 Å². The molecule has 0 aliphatic heterocycles. The van der Waals surface area contributed by atoms with E-state index in [2.05, 4.69) is 56.4 Å². The second kappa shape index (κ2) is 7.84. The number of nitrogens with one attached hydrogen (secondary N) is 1. The Morgan fingerprint density at radius 2 is 1.67 bits per heavy atom. The van der Waals surface area contributed by atoms with Crippen LogP contribution in [0, 0.1) is 0 Å². The molecule has 0 heterocycles. The van der Waals surface area contributed by atoms with Crippen molar-refractivity contribution in [3.63, 3.8) is 0 Å². The van der Waals surface area contributed by atoms with Gasteiger partial charge in [-0.05, 0) is 43.1 Å². The van der Waals surface area contributed by atoms with Crippen molar-refractivity contribution >= 4 is 0 Å². The molecule has 21 heavy (non-hydrogen) atoms. The zero-order chi connectivity index (χ0) is 15.1. The first-order valence-corrected chi connectivity index (χ1v) is 7.79. The molecule has 2 heteroatoms. The van der Waals surface area contributed by atoms with E-state index in [0.29, 0.717) is 6.04 Å². The first kappa shape index (κ1) is 15.6. The SMILES string of the molecule is CCNC(CC)c1cccc(OC(C)c2ccccc2)c1. The Balaban J connectivity index is 2.10. The summed E-state index contributed by atoms with van der Waals surface area (Å²) in [6, 6.07) is 19.1. The average Bonchev–Trinajstić information content (AvgIpc) is 2.53.